The van der Waals surface area contributed by atoms with Crippen molar-refractivity contribution >= 4 is 39.4 Å². The normalized spacial score (nSPS) is 10.5. The first-order valence-corrected chi connectivity index (χ1v) is 10.3. The summed E-state index contributed by atoms with van der Waals surface area (Å²) < 4.78 is 0. The molecule has 1 aromatic heterocycles. The number of nitrogens with one attached hydrogen (secondary N) is 1. The Kier molecular flexibility index (Phi) is 5.72. The van der Waals surface area contributed by atoms with Gasteiger partial charge >= 0.3 is 0 Å². The first-order chi connectivity index (χ1) is 15.0. The van der Waals surface area contributed by atoms with Crippen LogP contribution in [0, 0.1) is 10.1 Å². The van der Waals surface area contributed by atoms with Crippen LogP contribution in [0.5, 0.6) is 0 Å². The van der Waals surface area contributed by atoms with E-state index in [2.05, 4.69) is 5.32 Å². The predicted molar refractivity (Wildman–Crippen MR) is 123 cm³/mol. The molecule has 0 atom stereocenters. The molecule has 31 heavy (non-hydrogen) atoms. The van der Waals surface area contributed by atoms with Crippen LogP contribution >= 0.6 is 11.3 Å². The maximum Gasteiger partial charge on any atom is 0.270 e. The molecule has 0 spiro atoms. The van der Waals surface area contributed by atoms with Gasteiger partial charge in [-0.3, -0.25) is 14.9 Å². The maximum absolute atomic E-state index is 12.4. The van der Waals surface area contributed by atoms with Gasteiger partial charge in [0, 0.05) is 47.1 Å². The van der Waals surface area contributed by atoms with Crippen molar-refractivity contribution < 1.29 is 9.72 Å². The van der Waals surface area contributed by atoms with Crippen LogP contribution in [-0.4, -0.2) is 22.9 Å². The molecule has 1 heterocycles. The third-order valence-electron chi connectivity index (χ3n) is 4.68. The summed E-state index contributed by atoms with van der Waals surface area (Å²) in [5.41, 5.74) is 3.53. The molecule has 3 aromatic carbocycles. The number of carbonyl (C=O) groups excluding carboxylic acids is 1. The molecule has 0 saturated carbocycles. The summed E-state index contributed by atoms with van der Waals surface area (Å²) in [6.07, 6.45) is 0. The number of aromatic nitrogens is 1. The fraction of sp³-hybridized carbons (Fsp3) is 0.0435. The molecule has 0 aliphatic heterocycles. The first-order valence-electron chi connectivity index (χ1n) is 9.42. The van der Waals surface area contributed by atoms with Crippen molar-refractivity contribution in [1.29, 1.82) is 0 Å². The number of hydrogen-bond acceptors (Lipinski definition) is 6. The smallest absolute Gasteiger partial charge is 0.270 e. The molecule has 154 valence electrons. The van der Waals surface area contributed by atoms with Crippen molar-refractivity contribution in [3.8, 4) is 11.3 Å². The van der Waals surface area contributed by atoms with Crippen molar-refractivity contribution in [1.82, 2.24) is 4.98 Å². The van der Waals surface area contributed by atoms with Crippen LogP contribution in [0.25, 0.3) is 11.3 Å². The molecule has 1 N–H and O–H groups in total. The van der Waals surface area contributed by atoms with Crippen molar-refractivity contribution in [3.63, 3.8) is 0 Å². The number of hydrogen-bond donors (Lipinski definition) is 1. The minimum absolute atomic E-state index is 0.122. The lowest BCUT2D eigenvalue weighted by Crippen LogP contribution is -2.12. The largest absolute Gasteiger partial charge is 0.322 e. The van der Waals surface area contributed by atoms with Gasteiger partial charge in [0.15, 0.2) is 5.13 Å². The Balaban J connectivity index is 1.46. The highest BCUT2D eigenvalue weighted by molar-refractivity contribution is 7.14. The van der Waals surface area contributed by atoms with Crippen molar-refractivity contribution in [3.05, 3.63) is 99.9 Å². The molecule has 0 radical (unpaired) electrons. The van der Waals surface area contributed by atoms with E-state index in [0.29, 0.717) is 5.69 Å². The van der Waals surface area contributed by atoms with Crippen molar-refractivity contribution in [2.75, 3.05) is 17.3 Å². The number of nitro benzene ring substituents is 1. The zero-order chi connectivity index (χ0) is 21.8. The van der Waals surface area contributed by atoms with E-state index in [4.69, 9.17) is 4.98 Å². The fourth-order valence-electron chi connectivity index (χ4n) is 3.00. The molecule has 4 rings (SSSR count). The lowest BCUT2D eigenvalue weighted by molar-refractivity contribution is -0.384. The standard InChI is InChI=1S/C23H18N4O3S/c1-26(19-7-3-2-4-8-19)23-25-21(15-31-23)16-10-12-18(13-11-16)24-22(28)17-6-5-9-20(14-17)27(29)30/h2-15H,1H3,(H,24,28). The average molecular weight is 430 g/mol. The summed E-state index contributed by atoms with van der Waals surface area (Å²) in [7, 11) is 1.98. The van der Waals surface area contributed by atoms with Crippen LogP contribution in [0.4, 0.5) is 22.2 Å². The summed E-state index contributed by atoms with van der Waals surface area (Å²) >= 11 is 1.55. The van der Waals surface area contributed by atoms with Gasteiger partial charge in [0.25, 0.3) is 11.6 Å². The van der Waals surface area contributed by atoms with E-state index in [1.54, 1.807) is 23.5 Å². The number of nitro groups is 1. The predicted octanol–water partition coefficient (Wildman–Crippen LogP) is 5.74. The van der Waals surface area contributed by atoms with Crippen LogP contribution in [0.2, 0.25) is 0 Å². The number of amides is 1. The summed E-state index contributed by atoms with van der Waals surface area (Å²) in [5.74, 6) is -0.406. The molecular weight excluding hydrogens is 412 g/mol. The lowest BCUT2D eigenvalue weighted by Gasteiger charge is -2.15. The molecular formula is C23H18N4O3S. The quantitative estimate of drug-likeness (QED) is 0.311. The minimum Gasteiger partial charge on any atom is -0.322 e. The zero-order valence-electron chi connectivity index (χ0n) is 16.6. The van der Waals surface area contributed by atoms with Gasteiger partial charge in [0.2, 0.25) is 0 Å². The molecule has 0 aliphatic carbocycles. The third kappa shape index (κ3) is 4.59. The second-order valence-electron chi connectivity index (χ2n) is 6.75. The molecule has 0 aliphatic rings. The molecule has 0 fully saturated rings. The Morgan fingerprint density at radius 2 is 1.77 bits per heavy atom. The highest BCUT2D eigenvalue weighted by Gasteiger charge is 2.13. The fourth-order valence-corrected chi connectivity index (χ4v) is 3.82. The van der Waals surface area contributed by atoms with E-state index in [9.17, 15) is 14.9 Å². The molecule has 0 bridgehead atoms. The van der Waals surface area contributed by atoms with Gasteiger partial charge < -0.3 is 10.2 Å². The average Bonchev–Trinajstić information content (AvgIpc) is 3.30. The van der Waals surface area contributed by atoms with E-state index in [1.165, 1.54) is 24.3 Å². The van der Waals surface area contributed by atoms with Crippen molar-refractivity contribution in [2.45, 2.75) is 0 Å². The Morgan fingerprint density at radius 3 is 2.48 bits per heavy atom. The first kappa shape index (κ1) is 20.2. The van der Waals surface area contributed by atoms with Crippen LogP contribution in [0.1, 0.15) is 10.4 Å². The number of benzene rings is 3. The van der Waals surface area contributed by atoms with Gasteiger partial charge in [-0.05, 0) is 30.3 Å². The minimum atomic E-state index is -0.525. The third-order valence-corrected chi connectivity index (χ3v) is 5.60. The highest BCUT2D eigenvalue weighted by Crippen LogP contribution is 2.31. The zero-order valence-corrected chi connectivity index (χ0v) is 17.4. The van der Waals surface area contributed by atoms with Crippen molar-refractivity contribution in [2.24, 2.45) is 0 Å². The summed E-state index contributed by atoms with van der Waals surface area (Å²) in [5, 5.41) is 16.5. The van der Waals surface area contributed by atoms with Gasteiger partial charge in [0.05, 0.1) is 10.6 Å². The topological polar surface area (TPSA) is 88.4 Å². The van der Waals surface area contributed by atoms with E-state index in [-0.39, 0.29) is 11.3 Å². The molecule has 0 saturated heterocycles. The second-order valence-corrected chi connectivity index (χ2v) is 7.59. The summed E-state index contributed by atoms with van der Waals surface area (Å²) in [4.78, 5) is 29.5. The number of para-hydroxylation sites is 1. The van der Waals surface area contributed by atoms with Crippen LogP contribution in [-0.2, 0) is 0 Å². The van der Waals surface area contributed by atoms with E-state index in [1.807, 2.05) is 59.8 Å². The van der Waals surface area contributed by atoms with Gasteiger partial charge in [-0.25, -0.2) is 4.98 Å². The number of anilines is 3. The molecule has 4 aromatic rings. The highest BCUT2D eigenvalue weighted by atomic mass is 32.1. The van der Waals surface area contributed by atoms with E-state index in [0.717, 1.165) is 22.1 Å². The van der Waals surface area contributed by atoms with Crippen LogP contribution in [0.3, 0.4) is 0 Å². The molecule has 0 unspecified atom stereocenters. The van der Waals surface area contributed by atoms with Gasteiger partial charge in [-0.1, -0.05) is 36.4 Å². The van der Waals surface area contributed by atoms with Crippen LogP contribution < -0.4 is 10.2 Å². The number of thiazole rings is 1. The second kappa shape index (κ2) is 8.76. The summed E-state index contributed by atoms with van der Waals surface area (Å²) in [6, 6.07) is 23.0. The van der Waals surface area contributed by atoms with Crippen LogP contribution in [0.15, 0.2) is 84.2 Å². The number of rotatable bonds is 6. The maximum atomic E-state index is 12.4. The molecule has 8 heteroatoms. The number of nitrogens with zero attached hydrogens (tertiary/aromatic N) is 3. The Labute approximate surface area is 182 Å². The van der Waals surface area contributed by atoms with Gasteiger partial charge in [-0.2, -0.15) is 0 Å². The number of carbonyl (C=O) groups is 1. The monoisotopic (exact) mass is 430 g/mol. The Bertz CT molecular complexity index is 1220. The SMILES string of the molecule is CN(c1ccccc1)c1nc(-c2ccc(NC(=O)c3cccc([N+](=O)[O-])c3)cc2)cs1. The van der Waals surface area contributed by atoms with E-state index >= 15 is 0 Å². The van der Waals surface area contributed by atoms with Gasteiger partial charge in [-0.15, -0.1) is 11.3 Å². The molecule has 7 nitrogen and oxygen atoms in total. The Hall–Kier alpha value is -4.04. The van der Waals surface area contributed by atoms with E-state index < -0.39 is 10.8 Å². The number of non-ortho nitro benzene ring substituents is 1. The lowest BCUT2D eigenvalue weighted by atomic mass is 10.1. The van der Waals surface area contributed by atoms with Gasteiger partial charge in [0.1, 0.15) is 0 Å². The molecule has 1 amide bonds. The summed E-state index contributed by atoms with van der Waals surface area (Å²) in [6.45, 7) is 0. The Morgan fingerprint density at radius 1 is 1.03 bits per heavy atom.